The van der Waals surface area contributed by atoms with Crippen molar-refractivity contribution in [2.24, 2.45) is 5.92 Å². The van der Waals surface area contributed by atoms with E-state index in [1.54, 1.807) is 0 Å². The van der Waals surface area contributed by atoms with Crippen LogP contribution in [-0.4, -0.2) is 50.6 Å². The molecule has 1 saturated heterocycles. The Balaban J connectivity index is 2.08. The molecule has 0 radical (unpaired) electrons. The highest BCUT2D eigenvalue weighted by molar-refractivity contribution is 5.77. The summed E-state index contributed by atoms with van der Waals surface area (Å²) in [5.41, 5.74) is 0. The van der Waals surface area contributed by atoms with Crippen molar-refractivity contribution < 1.29 is 4.79 Å². The maximum absolute atomic E-state index is 11.3. The van der Waals surface area contributed by atoms with Crippen molar-refractivity contribution in [3.63, 3.8) is 0 Å². The fourth-order valence-corrected chi connectivity index (χ4v) is 2.15. The number of rotatable bonds is 6. The van der Waals surface area contributed by atoms with Gasteiger partial charge in [-0.1, -0.05) is 0 Å². The molecule has 94 valence electrons. The van der Waals surface area contributed by atoms with E-state index in [0.29, 0.717) is 6.54 Å². The van der Waals surface area contributed by atoms with Crippen LogP contribution >= 0.6 is 0 Å². The largest absolute Gasteiger partial charge is 0.355 e. The molecule has 0 aromatic carbocycles. The molecule has 0 atom stereocenters. The van der Waals surface area contributed by atoms with Crippen LogP contribution in [0.5, 0.6) is 0 Å². The predicted octanol–water partition coefficient (Wildman–Crippen LogP) is 0.444. The molecule has 0 aromatic heterocycles. The lowest BCUT2D eigenvalue weighted by atomic mass is 9.94. The number of nitrogens with one attached hydrogen (secondary N) is 2. The van der Waals surface area contributed by atoms with Gasteiger partial charge in [0.25, 0.3) is 0 Å². The monoisotopic (exact) mass is 227 g/mol. The molecule has 0 bridgehead atoms. The number of amides is 1. The van der Waals surface area contributed by atoms with Gasteiger partial charge in [-0.15, -0.1) is 0 Å². The van der Waals surface area contributed by atoms with Gasteiger partial charge in [-0.05, 0) is 58.8 Å². The third kappa shape index (κ3) is 5.47. The molecule has 0 aromatic rings. The Morgan fingerprint density at radius 3 is 2.75 bits per heavy atom. The van der Waals surface area contributed by atoms with Crippen LogP contribution in [0.15, 0.2) is 0 Å². The van der Waals surface area contributed by atoms with Gasteiger partial charge < -0.3 is 10.6 Å². The van der Waals surface area contributed by atoms with Crippen LogP contribution in [0.3, 0.4) is 0 Å². The van der Waals surface area contributed by atoms with Gasteiger partial charge in [0, 0.05) is 6.54 Å². The second kappa shape index (κ2) is 7.63. The molecule has 16 heavy (non-hydrogen) atoms. The third-order valence-corrected chi connectivity index (χ3v) is 3.17. The first-order chi connectivity index (χ1) is 7.72. The highest BCUT2D eigenvalue weighted by Crippen LogP contribution is 2.15. The molecular weight excluding hydrogens is 202 g/mol. The fraction of sp³-hybridized carbons (Fsp3) is 0.917. The lowest BCUT2D eigenvalue weighted by molar-refractivity contribution is -0.121. The number of piperidine rings is 1. The summed E-state index contributed by atoms with van der Waals surface area (Å²) in [6.07, 6.45) is 3.79. The Kier molecular flexibility index (Phi) is 6.42. The lowest BCUT2D eigenvalue weighted by Gasteiger charge is -2.24. The van der Waals surface area contributed by atoms with Gasteiger partial charge in [0.05, 0.1) is 6.54 Å². The molecule has 4 nitrogen and oxygen atoms in total. The molecule has 1 fully saturated rings. The minimum Gasteiger partial charge on any atom is -0.355 e. The summed E-state index contributed by atoms with van der Waals surface area (Å²) < 4.78 is 0. The van der Waals surface area contributed by atoms with Crippen molar-refractivity contribution >= 4 is 5.91 Å². The van der Waals surface area contributed by atoms with Crippen LogP contribution < -0.4 is 10.6 Å². The van der Waals surface area contributed by atoms with Crippen molar-refractivity contribution in [3.05, 3.63) is 0 Å². The minimum absolute atomic E-state index is 0.135. The van der Waals surface area contributed by atoms with E-state index in [9.17, 15) is 4.79 Å². The Labute approximate surface area is 98.8 Å². The van der Waals surface area contributed by atoms with Gasteiger partial charge in [0.2, 0.25) is 5.91 Å². The van der Waals surface area contributed by atoms with E-state index in [1.165, 1.54) is 19.3 Å². The van der Waals surface area contributed by atoms with Crippen LogP contribution in [0.4, 0.5) is 0 Å². The second-order valence-electron chi connectivity index (χ2n) is 4.67. The fourth-order valence-electron chi connectivity index (χ4n) is 2.15. The summed E-state index contributed by atoms with van der Waals surface area (Å²) in [7, 11) is 2.02. The molecule has 0 unspecified atom stereocenters. The van der Waals surface area contributed by atoms with Crippen molar-refractivity contribution in [2.75, 3.05) is 39.8 Å². The zero-order valence-electron chi connectivity index (χ0n) is 10.6. The first-order valence-corrected chi connectivity index (χ1v) is 6.38. The standard InChI is InChI=1S/C12H25N3O/c1-3-14-12(16)10-15(2)9-6-11-4-7-13-8-5-11/h11,13H,3-10H2,1-2H3,(H,14,16). The SMILES string of the molecule is CCNC(=O)CN(C)CCC1CCNCC1. The molecule has 0 saturated carbocycles. The number of carbonyl (C=O) groups excluding carboxylic acids is 1. The van der Waals surface area contributed by atoms with Crippen LogP contribution in [-0.2, 0) is 4.79 Å². The molecule has 1 rings (SSSR count). The second-order valence-corrected chi connectivity index (χ2v) is 4.67. The Morgan fingerprint density at radius 2 is 2.12 bits per heavy atom. The average Bonchev–Trinajstić information content (AvgIpc) is 2.28. The van der Waals surface area contributed by atoms with E-state index in [1.807, 2.05) is 14.0 Å². The zero-order chi connectivity index (χ0) is 11.8. The Hall–Kier alpha value is -0.610. The van der Waals surface area contributed by atoms with Gasteiger partial charge in [-0.25, -0.2) is 0 Å². The highest BCUT2D eigenvalue weighted by atomic mass is 16.1. The number of hydrogen-bond acceptors (Lipinski definition) is 3. The summed E-state index contributed by atoms with van der Waals surface area (Å²) in [5, 5.41) is 6.20. The molecular formula is C12H25N3O. The van der Waals surface area contributed by atoms with E-state index >= 15 is 0 Å². The van der Waals surface area contributed by atoms with Crippen molar-refractivity contribution in [1.29, 1.82) is 0 Å². The quantitative estimate of drug-likeness (QED) is 0.692. The van der Waals surface area contributed by atoms with Crippen molar-refractivity contribution in [3.8, 4) is 0 Å². The number of carbonyl (C=O) groups is 1. The molecule has 4 heteroatoms. The molecule has 1 aliphatic rings. The van der Waals surface area contributed by atoms with Crippen LogP contribution in [0.2, 0.25) is 0 Å². The van der Waals surface area contributed by atoms with Gasteiger partial charge in [-0.2, -0.15) is 0 Å². The highest BCUT2D eigenvalue weighted by Gasteiger charge is 2.14. The first-order valence-electron chi connectivity index (χ1n) is 6.38. The van der Waals surface area contributed by atoms with Crippen LogP contribution in [0.25, 0.3) is 0 Å². The normalized spacial score (nSPS) is 17.7. The van der Waals surface area contributed by atoms with Gasteiger partial charge >= 0.3 is 0 Å². The summed E-state index contributed by atoms with van der Waals surface area (Å²) in [6, 6.07) is 0. The molecule has 1 heterocycles. The van der Waals surface area contributed by atoms with Crippen LogP contribution in [0.1, 0.15) is 26.2 Å². The summed E-state index contributed by atoms with van der Waals surface area (Å²) in [5.74, 6) is 0.980. The molecule has 0 spiro atoms. The van der Waals surface area contributed by atoms with E-state index < -0.39 is 0 Å². The Morgan fingerprint density at radius 1 is 1.44 bits per heavy atom. The van der Waals surface area contributed by atoms with E-state index in [0.717, 1.165) is 32.1 Å². The van der Waals surface area contributed by atoms with E-state index in [4.69, 9.17) is 0 Å². The average molecular weight is 227 g/mol. The third-order valence-electron chi connectivity index (χ3n) is 3.17. The topological polar surface area (TPSA) is 44.4 Å². The number of nitrogens with zero attached hydrogens (tertiary/aromatic N) is 1. The van der Waals surface area contributed by atoms with Gasteiger partial charge in [-0.3, -0.25) is 9.69 Å². The van der Waals surface area contributed by atoms with Gasteiger partial charge in [0.1, 0.15) is 0 Å². The van der Waals surface area contributed by atoms with E-state index in [2.05, 4.69) is 15.5 Å². The summed E-state index contributed by atoms with van der Waals surface area (Å²) in [6.45, 7) is 6.55. The predicted molar refractivity (Wildman–Crippen MR) is 66.4 cm³/mol. The van der Waals surface area contributed by atoms with E-state index in [-0.39, 0.29) is 5.91 Å². The molecule has 0 aliphatic carbocycles. The first kappa shape index (κ1) is 13.5. The number of hydrogen-bond donors (Lipinski definition) is 2. The zero-order valence-corrected chi connectivity index (χ0v) is 10.6. The minimum atomic E-state index is 0.135. The Bertz CT molecular complexity index is 202. The molecule has 1 amide bonds. The summed E-state index contributed by atoms with van der Waals surface area (Å²) >= 11 is 0. The van der Waals surface area contributed by atoms with Crippen molar-refractivity contribution in [1.82, 2.24) is 15.5 Å². The van der Waals surface area contributed by atoms with Gasteiger partial charge in [0.15, 0.2) is 0 Å². The molecule has 1 aliphatic heterocycles. The maximum Gasteiger partial charge on any atom is 0.234 e. The van der Waals surface area contributed by atoms with Crippen molar-refractivity contribution in [2.45, 2.75) is 26.2 Å². The number of likely N-dealkylation sites (N-methyl/N-ethyl adjacent to an activating group) is 2. The maximum atomic E-state index is 11.3. The molecule has 2 N–H and O–H groups in total. The van der Waals surface area contributed by atoms with Crippen LogP contribution in [0, 0.1) is 5.92 Å². The lowest BCUT2D eigenvalue weighted by Crippen LogP contribution is -2.36. The summed E-state index contributed by atoms with van der Waals surface area (Å²) in [4.78, 5) is 13.5. The smallest absolute Gasteiger partial charge is 0.234 e.